The van der Waals surface area contributed by atoms with E-state index in [-0.39, 0.29) is 11.5 Å². The molecule has 0 saturated carbocycles. The van der Waals surface area contributed by atoms with Crippen LogP contribution in [0.15, 0.2) is 66.9 Å². The maximum Gasteiger partial charge on any atom is 0.352 e. The van der Waals surface area contributed by atoms with Crippen molar-refractivity contribution in [2.75, 3.05) is 10.6 Å². The Hall–Kier alpha value is -4.40. The molecule has 0 fully saturated rings. The summed E-state index contributed by atoms with van der Waals surface area (Å²) in [6.07, 6.45) is 1.51. The zero-order chi connectivity index (χ0) is 21.1. The lowest BCUT2D eigenvalue weighted by Gasteiger charge is -2.10. The third kappa shape index (κ3) is 4.20. The summed E-state index contributed by atoms with van der Waals surface area (Å²) in [4.78, 5) is 30.0. The van der Waals surface area contributed by atoms with Gasteiger partial charge in [-0.1, -0.05) is 0 Å². The van der Waals surface area contributed by atoms with Gasteiger partial charge in [0, 0.05) is 17.6 Å². The van der Waals surface area contributed by atoms with Crippen molar-refractivity contribution < 1.29 is 23.8 Å². The molecule has 0 atom stereocenters. The van der Waals surface area contributed by atoms with Crippen LogP contribution >= 0.6 is 0 Å². The molecular weight excluding hydrogens is 391 g/mol. The van der Waals surface area contributed by atoms with E-state index in [9.17, 15) is 14.0 Å². The molecule has 0 bridgehead atoms. The Balaban J connectivity index is 1.44. The lowest BCUT2D eigenvalue weighted by Crippen LogP contribution is -2.19. The van der Waals surface area contributed by atoms with Gasteiger partial charge in [0.25, 0.3) is 0 Å². The minimum Gasteiger partial charge on any atom is -0.477 e. The van der Waals surface area contributed by atoms with Gasteiger partial charge in [-0.05, 0) is 60.7 Å². The molecule has 0 aliphatic heterocycles. The minimum absolute atomic E-state index is 0.0141. The maximum atomic E-state index is 12.9. The largest absolute Gasteiger partial charge is 0.477 e. The van der Waals surface area contributed by atoms with E-state index < -0.39 is 12.0 Å². The van der Waals surface area contributed by atoms with Crippen molar-refractivity contribution in [1.82, 2.24) is 9.97 Å². The second kappa shape index (κ2) is 7.92. The van der Waals surface area contributed by atoms with E-state index in [0.717, 1.165) is 0 Å². The average molecular weight is 406 g/mol. The Bertz CT molecular complexity index is 1220. The number of carbonyl (C=O) groups excluding carboxylic acids is 1. The molecular formula is C21H15FN4O4. The number of nitrogens with one attached hydrogen (secondary N) is 3. The van der Waals surface area contributed by atoms with Crippen molar-refractivity contribution in [1.29, 1.82) is 0 Å². The topological polar surface area (TPSA) is 116 Å². The first-order valence-corrected chi connectivity index (χ1v) is 8.80. The highest BCUT2D eigenvalue weighted by Gasteiger charge is 2.12. The van der Waals surface area contributed by atoms with E-state index >= 15 is 0 Å². The van der Waals surface area contributed by atoms with Crippen molar-refractivity contribution in [3.05, 3.63) is 78.4 Å². The van der Waals surface area contributed by atoms with Crippen molar-refractivity contribution in [3.63, 3.8) is 0 Å². The number of fused-ring (bicyclic) bond motifs is 1. The number of rotatable bonds is 5. The van der Waals surface area contributed by atoms with Crippen LogP contribution in [0.5, 0.6) is 11.5 Å². The molecule has 9 heteroatoms. The number of benzene rings is 2. The van der Waals surface area contributed by atoms with E-state index in [2.05, 4.69) is 20.6 Å². The summed E-state index contributed by atoms with van der Waals surface area (Å²) in [5.74, 6) is -0.543. The van der Waals surface area contributed by atoms with E-state index in [4.69, 9.17) is 9.84 Å². The second-order valence-electron chi connectivity index (χ2n) is 6.27. The van der Waals surface area contributed by atoms with Gasteiger partial charge < -0.3 is 25.5 Å². The highest BCUT2D eigenvalue weighted by molar-refractivity contribution is 5.99. The molecule has 2 aromatic carbocycles. The van der Waals surface area contributed by atoms with E-state index in [0.29, 0.717) is 33.9 Å². The quantitative estimate of drug-likeness (QED) is 0.379. The van der Waals surface area contributed by atoms with Gasteiger partial charge in [0.2, 0.25) is 0 Å². The summed E-state index contributed by atoms with van der Waals surface area (Å²) >= 11 is 0. The van der Waals surface area contributed by atoms with Crippen molar-refractivity contribution in [2.24, 2.45) is 0 Å². The standard InChI is InChI=1S/C21H15FN4O4/c22-12-1-3-13(4-2-12)24-21(29)25-14-5-7-15(8-6-14)30-18-9-10-23-19-16(18)11-17(26-19)20(27)28/h1-11H,(H,23,26)(H,27,28)(H2,24,25,29). The number of carbonyl (C=O) groups is 2. The predicted octanol–water partition coefficient (Wildman–Crippen LogP) is 4.84. The molecule has 0 aliphatic carbocycles. The van der Waals surface area contributed by atoms with Gasteiger partial charge in [-0.25, -0.2) is 19.0 Å². The molecule has 0 radical (unpaired) electrons. The number of aromatic carboxylic acids is 1. The third-order valence-corrected chi connectivity index (χ3v) is 4.16. The van der Waals surface area contributed by atoms with Gasteiger partial charge in [-0.3, -0.25) is 0 Å². The number of carboxylic acids is 1. The van der Waals surface area contributed by atoms with Crippen LogP contribution in [0.3, 0.4) is 0 Å². The second-order valence-corrected chi connectivity index (χ2v) is 6.27. The van der Waals surface area contributed by atoms with Gasteiger partial charge in [-0.2, -0.15) is 0 Å². The van der Waals surface area contributed by atoms with Gasteiger partial charge in [0.05, 0.1) is 5.39 Å². The SMILES string of the molecule is O=C(Nc1ccc(F)cc1)Nc1ccc(Oc2ccnc3[nH]c(C(=O)O)cc23)cc1. The lowest BCUT2D eigenvalue weighted by molar-refractivity contribution is 0.0691. The minimum atomic E-state index is -1.09. The monoisotopic (exact) mass is 406 g/mol. The number of H-pyrrole nitrogens is 1. The predicted molar refractivity (Wildman–Crippen MR) is 109 cm³/mol. The van der Waals surface area contributed by atoms with E-state index in [1.165, 1.54) is 36.5 Å². The first-order valence-electron chi connectivity index (χ1n) is 8.80. The molecule has 0 aliphatic rings. The van der Waals surface area contributed by atoms with Gasteiger partial charge in [0.15, 0.2) is 0 Å². The number of urea groups is 1. The normalized spacial score (nSPS) is 10.6. The summed E-state index contributed by atoms with van der Waals surface area (Å²) in [5, 5.41) is 14.9. The number of pyridine rings is 1. The Morgan fingerprint density at radius 2 is 1.60 bits per heavy atom. The molecule has 30 heavy (non-hydrogen) atoms. The van der Waals surface area contributed by atoms with Crippen LogP contribution in [0, 0.1) is 5.82 Å². The molecule has 4 N–H and O–H groups in total. The molecule has 2 aromatic heterocycles. The van der Waals surface area contributed by atoms with Crippen LogP contribution in [-0.4, -0.2) is 27.1 Å². The zero-order valence-electron chi connectivity index (χ0n) is 15.3. The Kier molecular flexibility index (Phi) is 5.00. The van der Waals surface area contributed by atoms with Crippen molar-refractivity contribution >= 4 is 34.4 Å². The van der Waals surface area contributed by atoms with Crippen LogP contribution < -0.4 is 15.4 Å². The number of halogens is 1. The number of hydrogen-bond acceptors (Lipinski definition) is 4. The molecule has 4 rings (SSSR count). The number of aromatic amines is 1. The number of aromatic nitrogens is 2. The highest BCUT2D eigenvalue weighted by Crippen LogP contribution is 2.30. The number of amides is 2. The average Bonchev–Trinajstić information content (AvgIpc) is 3.17. The van der Waals surface area contributed by atoms with Gasteiger partial charge in [-0.15, -0.1) is 0 Å². The fraction of sp³-hybridized carbons (Fsp3) is 0. The number of hydrogen-bond donors (Lipinski definition) is 4. The summed E-state index contributed by atoms with van der Waals surface area (Å²) in [6, 6.07) is 14.6. The van der Waals surface area contributed by atoms with Gasteiger partial charge in [0.1, 0.15) is 28.7 Å². The van der Waals surface area contributed by atoms with Crippen molar-refractivity contribution in [3.8, 4) is 11.5 Å². The molecule has 0 saturated heterocycles. The Morgan fingerprint density at radius 3 is 2.23 bits per heavy atom. The number of carboxylic acid groups (broad SMARTS) is 1. The summed E-state index contributed by atoms with van der Waals surface area (Å²) in [7, 11) is 0. The fourth-order valence-corrected chi connectivity index (χ4v) is 2.77. The molecule has 4 aromatic rings. The van der Waals surface area contributed by atoms with Crippen LogP contribution in [-0.2, 0) is 0 Å². The molecule has 2 heterocycles. The number of ether oxygens (including phenoxy) is 1. The van der Waals surface area contributed by atoms with E-state index in [1.54, 1.807) is 30.3 Å². The Morgan fingerprint density at radius 1 is 0.967 bits per heavy atom. The summed E-state index contributed by atoms with van der Waals surface area (Å²) in [6.45, 7) is 0. The summed E-state index contributed by atoms with van der Waals surface area (Å²) in [5.41, 5.74) is 1.40. The van der Waals surface area contributed by atoms with Gasteiger partial charge >= 0.3 is 12.0 Å². The first kappa shape index (κ1) is 18.9. The smallest absolute Gasteiger partial charge is 0.352 e. The molecule has 0 spiro atoms. The number of nitrogens with zero attached hydrogens (tertiary/aromatic N) is 1. The number of anilines is 2. The Labute approximate surface area is 169 Å². The lowest BCUT2D eigenvalue weighted by atomic mass is 10.2. The first-order chi connectivity index (χ1) is 14.5. The molecule has 0 unspecified atom stereocenters. The molecule has 2 amide bonds. The zero-order valence-corrected chi connectivity index (χ0v) is 15.3. The highest BCUT2D eigenvalue weighted by atomic mass is 19.1. The van der Waals surface area contributed by atoms with E-state index in [1.807, 2.05) is 0 Å². The molecule has 8 nitrogen and oxygen atoms in total. The maximum absolute atomic E-state index is 12.9. The van der Waals surface area contributed by atoms with Crippen LogP contribution in [0.2, 0.25) is 0 Å². The van der Waals surface area contributed by atoms with Crippen LogP contribution in [0.25, 0.3) is 11.0 Å². The van der Waals surface area contributed by atoms with Crippen molar-refractivity contribution in [2.45, 2.75) is 0 Å². The summed E-state index contributed by atoms with van der Waals surface area (Å²) < 4.78 is 18.8. The van der Waals surface area contributed by atoms with Crippen LogP contribution in [0.4, 0.5) is 20.6 Å². The fourth-order valence-electron chi connectivity index (χ4n) is 2.77. The third-order valence-electron chi connectivity index (χ3n) is 4.16. The van der Waals surface area contributed by atoms with Crippen LogP contribution in [0.1, 0.15) is 10.5 Å². The molecule has 150 valence electrons.